The molecule has 9 heteroatoms. The molecular formula is C20H21N3O4S2. The zero-order valence-electron chi connectivity index (χ0n) is 16.2. The molecule has 3 N–H and O–H groups in total. The molecule has 0 bridgehead atoms. The molecule has 0 aliphatic rings. The maximum absolute atomic E-state index is 12.5. The third-order valence-electron chi connectivity index (χ3n) is 4.32. The van der Waals surface area contributed by atoms with Crippen molar-refractivity contribution in [1.82, 2.24) is 4.98 Å². The van der Waals surface area contributed by atoms with Crippen molar-refractivity contribution in [3.05, 3.63) is 54.1 Å². The van der Waals surface area contributed by atoms with E-state index in [9.17, 15) is 13.2 Å². The Morgan fingerprint density at radius 3 is 2.52 bits per heavy atom. The van der Waals surface area contributed by atoms with Crippen molar-refractivity contribution in [1.29, 1.82) is 0 Å². The fourth-order valence-electron chi connectivity index (χ4n) is 2.79. The summed E-state index contributed by atoms with van der Waals surface area (Å²) in [6.07, 6.45) is 0. The Kier molecular flexibility index (Phi) is 6.11. The van der Waals surface area contributed by atoms with Gasteiger partial charge < -0.3 is 10.1 Å². The Morgan fingerprint density at radius 1 is 1.21 bits per heavy atom. The summed E-state index contributed by atoms with van der Waals surface area (Å²) >= 11 is 1.33. The standard InChI is InChI=1S/C20H21N3O4S2/c1-12-11-18(23-19-16(12)5-4-6-17(19)27-3)28-13(2)20(24)22-14-7-9-15(10-8-14)29(21,25)26/h4-11,13H,1-3H3,(H,22,24)(H2,21,25,26). The minimum atomic E-state index is -3.77. The molecule has 152 valence electrons. The van der Waals surface area contributed by atoms with E-state index < -0.39 is 15.3 Å². The number of nitrogens with one attached hydrogen (secondary N) is 1. The average molecular weight is 432 g/mol. The van der Waals surface area contributed by atoms with E-state index in [2.05, 4.69) is 10.3 Å². The smallest absolute Gasteiger partial charge is 0.238 e. The van der Waals surface area contributed by atoms with Crippen LogP contribution >= 0.6 is 11.8 Å². The van der Waals surface area contributed by atoms with Crippen LogP contribution in [-0.2, 0) is 14.8 Å². The van der Waals surface area contributed by atoms with Crippen LogP contribution in [0.4, 0.5) is 5.69 Å². The van der Waals surface area contributed by atoms with Crippen molar-refractivity contribution >= 4 is 44.3 Å². The SMILES string of the molecule is COc1cccc2c(C)cc(SC(C)C(=O)Nc3ccc(S(N)(=O)=O)cc3)nc12. The highest BCUT2D eigenvalue weighted by molar-refractivity contribution is 8.00. The van der Waals surface area contributed by atoms with Gasteiger partial charge in [0.2, 0.25) is 15.9 Å². The maximum Gasteiger partial charge on any atom is 0.238 e. The van der Waals surface area contributed by atoms with E-state index in [1.54, 1.807) is 14.0 Å². The minimum Gasteiger partial charge on any atom is -0.494 e. The van der Waals surface area contributed by atoms with Crippen molar-refractivity contribution < 1.29 is 17.9 Å². The number of hydrogen-bond donors (Lipinski definition) is 2. The normalized spacial score (nSPS) is 12.6. The van der Waals surface area contributed by atoms with E-state index in [0.29, 0.717) is 16.5 Å². The maximum atomic E-state index is 12.5. The zero-order chi connectivity index (χ0) is 21.2. The van der Waals surface area contributed by atoms with E-state index in [-0.39, 0.29) is 10.8 Å². The van der Waals surface area contributed by atoms with E-state index >= 15 is 0 Å². The molecule has 0 aliphatic heterocycles. The molecule has 0 saturated carbocycles. The van der Waals surface area contributed by atoms with Gasteiger partial charge in [-0.3, -0.25) is 4.79 Å². The number of aromatic nitrogens is 1. The lowest BCUT2D eigenvalue weighted by Crippen LogP contribution is -2.22. The van der Waals surface area contributed by atoms with Crippen molar-refractivity contribution in [3.63, 3.8) is 0 Å². The third kappa shape index (κ3) is 4.87. The van der Waals surface area contributed by atoms with Crippen LogP contribution in [0.1, 0.15) is 12.5 Å². The number of methoxy groups -OCH3 is 1. The molecule has 0 saturated heterocycles. The van der Waals surface area contributed by atoms with Gasteiger partial charge in [-0.15, -0.1) is 0 Å². The van der Waals surface area contributed by atoms with Crippen LogP contribution in [0.15, 0.2) is 58.5 Å². The van der Waals surface area contributed by atoms with Crippen LogP contribution in [0.25, 0.3) is 10.9 Å². The molecule has 1 heterocycles. The number of aryl methyl sites for hydroxylation is 1. The number of hydrogen-bond acceptors (Lipinski definition) is 6. The zero-order valence-corrected chi connectivity index (χ0v) is 17.8. The van der Waals surface area contributed by atoms with Gasteiger partial charge in [0.05, 0.1) is 22.3 Å². The monoisotopic (exact) mass is 431 g/mol. The quantitative estimate of drug-likeness (QED) is 0.579. The summed E-state index contributed by atoms with van der Waals surface area (Å²) in [6.45, 7) is 3.77. The van der Waals surface area contributed by atoms with Gasteiger partial charge >= 0.3 is 0 Å². The molecule has 0 radical (unpaired) electrons. The van der Waals surface area contributed by atoms with Crippen molar-refractivity contribution in [2.75, 3.05) is 12.4 Å². The predicted octanol–water partition coefficient (Wildman–Crippen LogP) is 3.32. The molecule has 1 atom stereocenters. The largest absolute Gasteiger partial charge is 0.494 e. The van der Waals surface area contributed by atoms with Crippen LogP contribution in [0.3, 0.4) is 0 Å². The Hall–Kier alpha value is -2.62. The Bertz CT molecular complexity index is 1160. The van der Waals surface area contributed by atoms with Gasteiger partial charge in [-0.05, 0) is 55.8 Å². The molecule has 1 aromatic heterocycles. The molecule has 1 amide bonds. The minimum absolute atomic E-state index is 0.0114. The summed E-state index contributed by atoms with van der Waals surface area (Å²) in [5, 5.41) is 9.14. The highest BCUT2D eigenvalue weighted by Gasteiger charge is 2.17. The number of carbonyl (C=O) groups excluding carboxylic acids is 1. The molecule has 0 spiro atoms. The van der Waals surface area contributed by atoms with Gasteiger partial charge in [-0.1, -0.05) is 23.9 Å². The second-order valence-electron chi connectivity index (χ2n) is 6.45. The van der Waals surface area contributed by atoms with Gasteiger partial charge in [-0.25, -0.2) is 18.5 Å². The lowest BCUT2D eigenvalue weighted by molar-refractivity contribution is -0.115. The first kappa shape index (κ1) is 21.1. The molecular weight excluding hydrogens is 410 g/mol. The molecule has 0 fully saturated rings. The van der Waals surface area contributed by atoms with Crippen molar-refractivity contribution in [3.8, 4) is 5.75 Å². The molecule has 3 rings (SSSR count). The number of thioether (sulfide) groups is 1. The van der Waals surface area contributed by atoms with Crippen LogP contribution in [0.5, 0.6) is 5.75 Å². The van der Waals surface area contributed by atoms with Crippen LogP contribution < -0.4 is 15.2 Å². The number of carbonyl (C=O) groups is 1. The summed E-state index contributed by atoms with van der Waals surface area (Å²) in [7, 11) is -2.17. The third-order valence-corrected chi connectivity index (χ3v) is 6.27. The van der Waals surface area contributed by atoms with Gasteiger partial charge in [-0.2, -0.15) is 0 Å². The molecule has 7 nitrogen and oxygen atoms in total. The number of amides is 1. The number of primary sulfonamides is 1. The molecule has 3 aromatic rings. The fourth-order valence-corrected chi connectivity index (χ4v) is 4.23. The van der Waals surface area contributed by atoms with Crippen molar-refractivity contribution in [2.24, 2.45) is 5.14 Å². The number of para-hydroxylation sites is 1. The number of nitrogens with zero attached hydrogens (tertiary/aromatic N) is 1. The van der Waals surface area contributed by atoms with E-state index in [1.165, 1.54) is 36.0 Å². The number of rotatable bonds is 6. The average Bonchev–Trinajstić information content (AvgIpc) is 2.67. The van der Waals surface area contributed by atoms with Gasteiger partial charge in [0.25, 0.3) is 0 Å². The van der Waals surface area contributed by atoms with Crippen LogP contribution in [0, 0.1) is 6.92 Å². The van der Waals surface area contributed by atoms with Gasteiger partial charge in [0, 0.05) is 11.1 Å². The number of sulfonamides is 1. The Balaban J connectivity index is 1.76. The first-order chi connectivity index (χ1) is 13.7. The molecule has 0 aliphatic carbocycles. The first-order valence-electron chi connectivity index (χ1n) is 8.74. The molecule has 1 unspecified atom stereocenters. The van der Waals surface area contributed by atoms with E-state index in [0.717, 1.165) is 16.5 Å². The topological polar surface area (TPSA) is 111 Å². The number of ether oxygens (including phenoxy) is 1. The lowest BCUT2D eigenvalue weighted by atomic mass is 10.1. The van der Waals surface area contributed by atoms with Gasteiger partial charge in [0.1, 0.15) is 11.3 Å². The van der Waals surface area contributed by atoms with Gasteiger partial charge in [0.15, 0.2) is 0 Å². The summed E-state index contributed by atoms with van der Waals surface area (Å²) < 4.78 is 28.0. The summed E-state index contributed by atoms with van der Waals surface area (Å²) in [5.74, 6) is 0.457. The Labute approximate surface area is 173 Å². The number of pyridine rings is 1. The Morgan fingerprint density at radius 2 is 1.90 bits per heavy atom. The highest BCUT2D eigenvalue weighted by atomic mass is 32.2. The number of nitrogens with two attached hydrogens (primary N) is 1. The second-order valence-corrected chi connectivity index (χ2v) is 9.38. The fraction of sp³-hybridized carbons (Fsp3) is 0.200. The molecule has 29 heavy (non-hydrogen) atoms. The summed E-state index contributed by atoms with van der Waals surface area (Å²) in [4.78, 5) is 17.2. The number of anilines is 1. The lowest BCUT2D eigenvalue weighted by Gasteiger charge is -2.14. The predicted molar refractivity (Wildman–Crippen MR) is 115 cm³/mol. The summed E-state index contributed by atoms with van der Waals surface area (Å²) in [6, 6.07) is 13.4. The second kappa shape index (κ2) is 8.40. The van der Waals surface area contributed by atoms with E-state index in [4.69, 9.17) is 9.88 Å². The highest BCUT2D eigenvalue weighted by Crippen LogP contribution is 2.31. The van der Waals surface area contributed by atoms with Crippen LogP contribution in [0.2, 0.25) is 0 Å². The van der Waals surface area contributed by atoms with Crippen LogP contribution in [-0.4, -0.2) is 31.7 Å². The summed E-state index contributed by atoms with van der Waals surface area (Å²) in [5.41, 5.74) is 2.28. The molecule has 2 aromatic carbocycles. The number of fused-ring (bicyclic) bond motifs is 1. The number of benzene rings is 2. The van der Waals surface area contributed by atoms with Crippen molar-refractivity contribution in [2.45, 2.75) is 29.0 Å². The first-order valence-corrected chi connectivity index (χ1v) is 11.2. The van der Waals surface area contributed by atoms with E-state index in [1.807, 2.05) is 31.2 Å².